The van der Waals surface area contributed by atoms with Crippen LogP contribution in [-0.2, 0) is 0 Å². The summed E-state index contributed by atoms with van der Waals surface area (Å²) < 4.78 is 0. The first-order chi connectivity index (χ1) is 14.6. The van der Waals surface area contributed by atoms with E-state index in [1.165, 1.54) is 0 Å². The van der Waals surface area contributed by atoms with Gasteiger partial charge >= 0.3 is 6.03 Å². The third-order valence-corrected chi connectivity index (χ3v) is 5.07. The predicted octanol–water partition coefficient (Wildman–Crippen LogP) is 3.59. The Hall–Kier alpha value is -3.68. The Balaban J connectivity index is 1.31. The number of hydrogen-bond donors (Lipinski definition) is 2. The highest BCUT2D eigenvalue weighted by Gasteiger charge is 2.22. The van der Waals surface area contributed by atoms with E-state index < -0.39 is 0 Å². The summed E-state index contributed by atoms with van der Waals surface area (Å²) in [6.07, 6.45) is 0. The zero-order valence-corrected chi connectivity index (χ0v) is 17.2. The van der Waals surface area contributed by atoms with Crippen LogP contribution in [-0.4, -0.2) is 52.3 Å². The molecule has 0 atom stereocenters. The highest BCUT2D eigenvalue weighted by Crippen LogP contribution is 2.18. The summed E-state index contributed by atoms with van der Waals surface area (Å²) in [6.45, 7) is 6.62. The minimum Gasteiger partial charge on any atom is -0.352 e. The van der Waals surface area contributed by atoms with Gasteiger partial charge in [0.2, 0.25) is 0 Å². The number of anilines is 4. The molecule has 2 aromatic heterocycles. The molecule has 154 valence electrons. The summed E-state index contributed by atoms with van der Waals surface area (Å²) >= 11 is 0. The van der Waals surface area contributed by atoms with Gasteiger partial charge in [0.25, 0.3) is 0 Å². The van der Waals surface area contributed by atoms with Gasteiger partial charge in [0.15, 0.2) is 11.6 Å². The van der Waals surface area contributed by atoms with Gasteiger partial charge in [-0.05, 0) is 49.7 Å². The van der Waals surface area contributed by atoms with Crippen molar-refractivity contribution < 1.29 is 4.79 Å². The molecule has 1 aliphatic heterocycles. The SMILES string of the molecule is Cc1cccc(Nc2ccc(N3CCN(C(=O)Nc4ccccc4C)CC3)nn2)n1. The third-order valence-electron chi connectivity index (χ3n) is 5.07. The van der Waals surface area contributed by atoms with Crippen LogP contribution in [0, 0.1) is 13.8 Å². The zero-order valence-electron chi connectivity index (χ0n) is 17.2. The van der Waals surface area contributed by atoms with Crippen molar-refractivity contribution in [3.8, 4) is 0 Å². The van der Waals surface area contributed by atoms with Gasteiger partial charge in [-0.2, -0.15) is 0 Å². The van der Waals surface area contributed by atoms with Crippen LogP contribution in [0.3, 0.4) is 0 Å². The minimum atomic E-state index is -0.0692. The molecule has 0 unspecified atom stereocenters. The number of nitrogens with one attached hydrogen (secondary N) is 2. The first-order valence-corrected chi connectivity index (χ1v) is 9.99. The summed E-state index contributed by atoms with van der Waals surface area (Å²) in [7, 11) is 0. The van der Waals surface area contributed by atoms with Gasteiger partial charge in [-0.1, -0.05) is 24.3 Å². The van der Waals surface area contributed by atoms with Crippen molar-refractivity contribution in [1.29, 1.82) is 0 Å². The fourth-order valence-corrected chi connectivity index (χ4v) is 3.35. The Kier molecular flexibility index (Phi) is 5.74. The van der Waals surface area contributed by atoms with E-state index in [4.69, 9.17) is 0 Å². The molecule has 8 nitrogen and oxygen atoms in total. The smallest absolute Gasteiger partial charge is 0.321 e. The maximum Gasteiger partial charge on any atom is 0.321 e. The number of nitrogens with zero attached hydrogens (tertiary/aromatic N) is 5. The van der Waals surface area contributed by atoms with Crippen molar-refractivity contribution in [1.82, 2.24) is 20.1 Å². The van der Waals surface area contributed by atoms with Crippen LogP contribution in [0.5, 0.6) is 0 Å². The number of benzene rings is 1. The van der Waals surface area contributed by atoms with E-state index in [0.29, 0.717) is 32.0 Å². The van der Waals surface area contributed by atoms with E-state index in [9.17, 15) is 4.79 Å². The average molecular weight is 403 g/mol. The molecule has 1 fully saturated rings. The quantitative estimate of drug-likeness (QED) is 0.692. The van der Waals surface area contributed by atoms with Crippen LogP contribution in [0.15, 0.2) is 54.6 Å². The van der Waals surface area contributed by atoms with E-state index in [2.05, 4.69) is 30.7 Å². The molecule has 0 spiro atoms. The molecule has 1 saturated heterocycles. The molecule has 0 radical (unpaired) electrons. The molecule has 0 saturated carbocycles. The summed E-state index contributed by atoms with van der Waals surface area (Å²) in [5, 5.41) is 14.8. The van der Waals surface area contributed by atoms with E-state index in [1.54, 1.807) is 0 Å². The van der Waals surface area contributed by atoms with Gasteiger partial charge in [0, 0.05) is 37.6 Å². The average Bonchev–Trinajstić information content (AvgIpc) is 2.76. The van der Waals surface area contributed by atoms with Gasteiger partial charge in [0.05, 0.1) is 0 Å². The highest BCUT2D eigenvalue weighted by molar-refractivity contribution is 5.90. The Morgan fingerprint density at radius 2 is 1.67 bits per heavy atom. The van der Waals surface area contributed by atoms with Crippen LogP contribution < -0.4 is 15.5 Å². The lowest BCUT2D eigenvalue weighted by Crippen LogP contribution is -2.50. The number of aromatic nitrogens is 3. The van der Waals surface area contributed by atoms with E-state index in [-0.39, 0.29) is 6.03 Å². The van der Waals surface area contributed by atoms with Crippen LogP contribution in [0.4, 0.5) is 27.9 Å². The monoisotopic (exact) mass is 403 g/mol. The van der Waals surface area contributed by atoms with Crippen molar-refractivity contribution in [2.45, 2.75) is 13.8 Å². The number of amides is 2. The molecule has 2 N–H and O–H groups in total. The maximum absolute atomic E-state index is 12.6. The lowest BCUT2D eigenvalue weighted by atomic mass is 10.2. The molecular formula is C22H25N7O. The molecule has 4 rings (SSSR count). The van der Waals surface area contributed by atoms with Crippen molar-refractivity contribution in [2.75, 3.05) is 41.7 Å². The molecule has 3 heterocycles. The number of aryl methyl sites for hydroxylation is 2. The third kappa shape index (κ3) is 4.65. The van der Waals surface area contributed by atoms with Crippen molar-refractivity contribution in [3.63, 3.8) is 0 Å². The van der Waals surface area contributed by atoms with Gasteiger partial charge < -0.3 is 20.4 Å². The summed E-state index contributed by atoms with van der Waals surface area (Å²) in [6, 6.07) is 17.3. The van der Waals surface area contributed by atoms with E-state index in [1.807, 2.05) is 73.3 Å². The summed E-state index contributed by atoms with van der Waals surface area (Å²) in [5.74, 6) is 2.19. The fraction of sp³-hybridized carbons (Fsp3) is 0.273. The van der Waals surface area contributed by atoms with Gasteiger partial charge in [-0.25, -0.2) is 9.78 Å². The summed E-state index contributed by atoms with van der Waals surface area (Å²) in [5.41, 5.74) is 2.84. The van der Waals surface area contributed by atoms with Gasteiger partial charge in [0.1, 0.15) is 5.82 Å². The first-order valence-electron chi connectivity index (χ1n) is 9.99. The Bertz CT molecular complexity index is 1010. The molecule has 1 aliphatic rings. The topological polar surface area (TPSA) is 86.3 Å². The standard InChI is InChI=1S/C22H25N7O/c1-16-6-3-4-8-18(16)24-22(30)29-14-12-28(13-15-29)21-11-10-20(26-27-21)25-19-9-5-7-17(2)23-19/h3-11H,12-15H2,1-2H3,(H,24,30)(H,23,25,26). The first kappa shape index (κ1) is 19.6. The number of pyridine rings is 1. The lowest BCUT2D eigenvalue weighted by Gasteiger charge is -2.35. The van der Waals surface area contributed by atoms with Crippen molar-refractivity contribution in [2.24, 2.45) is 0 Å². The van der Waals surface area contributed by atoms with Gasteiger partial charge in [-0.15, -0.1) is 10.2 Å². The number of carbonyl (C=O) groups excluding carboxylic acids is 1. The molecule has 3 aromatic rings. The second-order valence-corrected chi connectivity index (χ2v) is 7.29. The number of carbonyl (C=O) groups is 1. The van der Waals surface area contributed by atoms with E-state index >= 15 is 0 Å². The van der Waals surface area contributed by atoms with Crippen LogP contribution in [0.1, 0.15) is 11.3 Å². The van der Waals surface area contributed by atoms with Crippen LogP contribution in [0.25, 0.3) is 0 Å². The minimum absolute atomic E-state index is 0.0692. The van der Waals surface area contributed by atoms with Crippen LogP contribution >= 0.6 is 0 Å². The normalized spacial score (nSPS) is 13.8. The predicted molar refractivity (Wildman–Crippen MR) is 118 cm³/mol. The molecule has 2 amide bonds. The Morgan fingerprint density at radius 1 is 0.867 bits per heavy atom. The highest BCUT2D eigenvalue weighted by atomic mass is 16.2. The Labute approximate surface area is 176 Å². The summed E-state index contributed by atoms with van der Waals surface area (Å²) in [4.78, 5) is 20.9. The second kappa shape index (κ2) is 8.77. The number of para-hydroxylation sites is 1. The van der Waals surface area contributed by atoms with Crippen molar-refractivity contribution in [3.05, 3.63) is 65.9 Å². The van der Waals surface area contributed by atoms with E-state index in [0.717, 1.165) is 28.6 Å². The molecule has 0 bridgehead atoms. The number of hydrogen-bond acceptors (Lipinski definition) is 6. The number of piperazine rings is 1. The number of urea groups is 1. The molecule has 0 aliphatic carbocycles. The van der Waals surface area contributed by atoms with Gasteiger partial charge in [-0.3, -0.25) is 0 Å². The molecular weight excluding hydrogens is 378 g/mol. The molecule has 1 aromatic carbocycles. The molecule has 8 heteroatoms. The van der Waals surface area contributed by atoms with Crippen molar-refractivity contribution >= 4 is 29.2 Å². The maximum atomic E-state index is 12.6. The largest absolute Gasteiger partial charge is 0.352 e. The lowest BCUT2D eigenvalue weighted by molar-refractivity contribution is 0.208. The molecule has 30 heavy (non-hydrogen) atoms. The van der Waals surface area contributed by atoms with Crippen LogP contribution in [0.2, 0.25) is 0 Å². The Morgan fingerprint density at radius 3 is 2.37 bits per heavy atom. The number of rotatable bonds is 4. The zero-order chi connectivity index (χ0) is 20.9. The fourth-order valence-electron chi connectivity index (χ4n) is 3.35. The second-order valence-electron chi connectivity index (χ2n) is 7.29.